The topological polar surface area (TPSA) is 35.5 Å². The molecular formula is C6H11ClO3. The fourth-order valence-corrected chi connectivity index (χ4v) is 0.622. The average Bonchev–Trinajstić information content (AvgIpc) is 1.89. The minimum Gasteiger partial charge on any atom is -0.449 e. The van der Waals surface area contributed by atoms with Crippen LogP contribution in [0.3, 0.4) is 0 Å². The quantitative estimate of drug-likeness (QED) is 0.462. The van der Waals surface area contributed by atoms with Crippen molar-refractivity contribution in [3.8, 4) is 0 Å². The van der Waals surface area contributed by atoms with Crippen LogP contribution in [0.4, 0.5) is 0 Å². The number of alkyl halides is 1. The van der Waals surface area contributed by atoms with Crippen molar-refractivity contribution < 1.29 is 14.3 Å². The second kappa shape index (κ2) is 5.50. The van der Waals surface area contributed by atoms with Gasteiger partial charge < -0.3 is 9.47 Å². The molecule has 4 heteroatoms. The SMILES string of the molecule is COCC(C)C(=O)OCCl. The zero-order valence-electron chi connectivity index (χ0n) is 6.09. The van der Waals surface area contributed by atoms with E-state index in [4.69, 9.17) is 16.3 Å². The van der Waals surface area contributed by atoms with Crippen LogP contribution in [0.1, 0.15) is 6.92 Å². The summed E-state index contributed by atoms with van der Waals surface area (Å²) in [5.74, 6) is -0.555. The molecular weight excluding hydrogens is 156 g/mol. The van der Waals surface area contributed by atoms with Gasteiger partial charge >= 0.3 is 5.97 Å². The van der Waals surface area contributed by atoms with Crippen LogP contribution in [0.5, 0.6) is 0 Å². The summed E-state index contributed by atoms with van der Waals surface area (Å²) in [5, 5.41) is 0. The van der Waals surface area contributed by atoms with Crippen LogP contribution in [-0.4, -0.2) is 25.8 Å². The molecule has 0 aliphatic carbocycles. The van der Waals surface area contributed by atoms with Crippen LogP contribution in [0.25, 0.3) is 0 Å². The molecule has 0 aromatic rings. The normalized spacial score (nSPS) is 12.7. The average molecular weight is 167 g/mol. The van der Waals surface area contributed by atoms with Crippen molar-refractivity contribution in [3.05, 3.63) is 0 Å². The number of rotatable bonds is 4. The first-order valence-corrected chi connectivity index (χ1v) is 3.47. The Balaban J connectivity index is 3.49. The second-order valence-electron chi connectivity index (χ2n) is 1.93. The molecule has 60 valence electrons. The highest BCUT2D eigenvalue weighted by Gasteiger charge is 2.12. The lowest BCUT2D eigenvalue weighted by Gasteiger charge is -2.07. The van der Waals surface area contributed by atoms with Gasteiger partial charge in [-0.25, -0.2) is 0 Å². The number of esters is 1. The Labute approximate surface area is 65.3 Å². The lowest BCUT2D eigenvalue weighted by molar-refractivity contribution is -0.147. The van der Waals surface area contributed by atoms with Crippen molar-refractivity contribution in [1.29, 1.82) is 0 Å². The van der Waals surface area contributed by atoms with Gasteiger partial charge in [-0.3, -0.25) is 4.79 Å². The molecule has 0 saturated carbocycles. The molecule has 0 fully saturated rings. The zero-order valence-corrected chi connectivity index (χ0v) is 6.85. The lowest BCUT2D eigenvalue weighted by Crippen LogP contribution is -2.18. The van der Waals surface area contributed by atoms with Crippen molar-refractivity contribution in [2.24, 2.45) is 5.92 Å². The van der Waals surface area contributed by atoms with E-state index in [1.165, 1.54) is 7.11 Å². The molecule has 0 amide bonds. The van der Waals surface area contributed by atoms with Gasteiger partial charge in [0.2, 0.25) is 0 Å². The molecule has 1 atom stereocenters. The summed E-state index contributed by atoms with van der Waals surface area (Å²) in [7, 11) is 1.53. The summed E-state index contributed by atoms with van der Waals surface area (Å²) >= 11 is 5.16. The largest absolute Gasteiger partial charge is 0.449 e. The third kappa shape index (κ3) is 3.69. The number of ether oxygens (including phenoxy) is 2. The predicted molar refractivity (Wildman–Crippen MR) is 37.9 cm³/mol. The first kappa shape index (κ1) is 9.72. The summed E-state index contributed by atoms with van der Waals surface area (Å²) in [6.07, 6.45) is 0. The Bertz CT molecular complexity index is 105. The van der Waals surface area contributed by atoms with Crippen LogP contribution < -0.4 is 0 Å². The number of methoxy groups -OCH3 is 1. The number of carbonyl (C=O) groups is 1. The minimum atomic E-state index is -0.322. The van der Waals surface area contributed by atoms with E-state index in [2.05, 4.69) is 4.74 Å². The molecule has 0 spiro atoms. The highest BCUT2D eigenvalue weighted by atomic mass is 35.5. The Hall–Kier alpha value is -0.280. The van der Waals surface area contributed by atoms with E-state index in [0.717, 1.165) is 0 Å². The maximum Gasteiger partial charge on any atom is 0.312 e. The summed E-state index contributed by atoms with van der Waals surface area (Å²) in [6.45, 7) is 2.09. The van der Waals surface area contributed by atoms with Gasteiger partial charge in [0.05, 0.1) is 12.5 Å². The van der Waals surface area contributed by atoms with Gasteiger partial charge in [0, 0.05) is 7.11 Å². The lowest BCUT2D eigenvalue weighted by atomic mass is 10.2. The molecule has 10 heavy (non-hydrogen) atoms. The molecule has 0 aliphatic rings. The van der Waals surface area contributed by atoms with Crippen molar-refractivity contribution >= 4 is 17.6 Å². The highest BCUT2D eigenvalue weighted by Crippen LogP contribution is 1.98. The van der Waals surface area contributed by atoms with E-state index in [-0.39, 0.29) is 18.0 Å². The first-order valence-electron chi connectivity index (χ1n) is 2.94. The maximum absolute atomic E-state index is 10.7. The second-order valence-corrected chi connectivity index (χ2v) is 2.15. The Kier molecular flexibility index (Phi) is 5.35. The maximum atomic E-state index is 10.7. The summed E-state index contributed by atoms with van der Waals surface area (Å²) < 4.78 is 9.23. The molecule has 0 aromatic carbocycles. The fraction of sp³-hybridized carbons (Fsp3) is 0.833. The number of hydrogen-bond acceptors (Lipinski definition) is 3. The summed E-state index contributed by atoms with van der Waals surface area (Å²) in [4.78, 5) is 10.7. The van der Waals surface area contributed by atoms with Gasteiger partial charge in [-0.2, -0.15) is 0 Å². The van der Waals surface area contributed by atoms with Gasteiger partial charge in [-0.1, -0.05) is 11.6 Å². The molecule has 0 aromatic heterocycles. The molecule has 0 heterocycles. The van der Waals surface area contributed by atoms with Crippen LogP contribution in [0.15, 0.2) is 0 Å². The fourth-order valence-electron chi connectivity index (χ4n) is 0.514. The molecule has 0 saturated heterocycles. The van der Waals surface area contributed by atoms with Crippen molar-refractivity contribution in [1.82, 2.24) is 0 Å². The molecule has 0 aliphatic heterocycles. The van der Waals surface area contributed by atoms with E-state index < -0.39 is 0 Å². The molecule has 0 rings (SSSR count). The van der Waals surface area contributed by atoms with E-state index >= 15 is 0 Å². The van der Waals surface area contributed by atoms with Crippen molar-refractivity contribution in [3.63, 3.8) is 0 Å². The first-order chi connectivity index (χ1) is 4.72. The monoisotopic (exact) mass is 166 g/mol. The Morgan fingerprint density at radius 3 is 2.70 bits per heavy atom. The number of hydrogen-bond donors (Lipinski definition) is 0. The smallest absolute Gasteiger partial charge is 0.312 e. The van der Waals surface area contributed by atoms with Crippen LogP contribution in [0, 0.1) is 5.92 Å². The van der Waals surface area contributed by atoms with E-state index in [1.54, 1.807) is 6.92 Å². The van der Waals surface area contributed by atoms with Crippen LogP contribution >= 0.6 is 11.6 Å². The zero-order chi connectivity index (χ0) is 7.98. The standard InChI is InChI=1S/C6H11ClO3/c1-5(3-9-2)6(8)10-4-7/h5H,3-4H2,1-2H3. The van der Waals surface area contributed by atoms with Gasteiger partial charge in [0.15, 0.2) is 6.07 Å². The molecule has 0 radical (unpaired) electrons. The molecule has 1 unspecified atom stereocenters. The summed E-state index contributed by atoms with van der Waals surface area (Å²) in [5.41, 5.74) is 0. The van der Waals surface area contributed by atoms with Gasteiger partial charge in [-0.15, -0.1) is 0 Å². The van der Waals surface area contributed by atoms with E-state index in [9.17, 15) is 4.79 Å². The Morgan fingerprint density at radius 1 is 1.70 bits per heavy atom. The predicted octanol–water partition coefficient (Wildman–Crippen LogP) is 1.01. The van der Waals surface area contributed by atoms with Gasteiger partial charge in [0.25, 0.3) is 0 Å². The molecule has 3 nitrogen and oxygen atoms in total. The van der Waals surface area contributed by atoms with Crippen molar-refractivity contribution in [2.45, 2.75) is 6.92 Å². The third-order valence-corrected chi connectivity index (χ3v) is 1.12. The van der Waals surface area contributed by atoms with Crippen LogP contribution in [0.2, 0.25) is 0 Å². The highest BCUT2D eigenvalue weighted by molar-refractivity contribution is 6.17. The van der Waals surface area contributed by atoms with Crippen LogP contribution in [-0.2, 0) is 14.3 Å². The third-order valence-electron chi connectivity index (χ3n) is 1.02. The molecule has 0 bridgehead atoms. The van der Waals surface area contributed by atoms with E-state index in [0.29, 0.717) is 6.61 Å². The number of halogens is 1. The van der Waals surface area contributed by atoms with Crippen molar-refractivity contribution in [2.75, 3.05) is 19.8 Å². The number of carbonyl (C=O) groups excluding carboxylic acids is 1. The summed E-state index contributed by atoms with van der Waals surface area (Å²) in [6, 6.07) is -0.0904. The van der Waals surface area contributed by atoms with Gasteiger partial charge in [0.1, 0.15) is 0 Å². The minimum absolute atomic E-state index is 0.0904. The van der Waals surface area contributed by atoms with Gasteiger partial charge in [-0.05, 0) is 6.92 Å². The molecule has 0 N–H and O–H groups in total. The van der Waals surface area contributed by atoms with E-state index in [1.807, 2.05) is 0 Å². The Morgan fingerprint density at radius 2 is 2.30 bits per heavy atom.